The van der Waals surface area contributed by atoms with Crippen molar-refractivity contribution in [2.45, 2.75) is 33.1 Å². The van der Waals surface area contributed by atoms with Crippen molar-refractivity contribution < 1.29 is 0 Å². The number of rotatable bonds is 5. The van der Waals surface area contributed by atoms with Crippen molar-refractivity contribution in [3.8, 4) is 0 Å². The van der Waals surface area contributed by atoms with Crippen LogP contribution in [-0.4, -0.2) is 16.5 Å². The molecule has 0 aromatic carbocycles. The summed E-state index contributed by atoms with van der Waals surface area (Å²) in [6.45, 7) is 7.23. The quantitative estimate of drug-likeness (QED) is 0.893. The first-order chi connectivity index (χ1) is 8.65. The molecule has 0 atom stereocenters. The highest BCUT2D eigenvalue weighted by Crippen LogP contribution is 2.19. The summed E-state index contributed by atoms with van der Waals surface area (Å²) in [4.78, 5) is 9.03. The molecule has 0 saturated heterocycles. The molecular weight excluding hydrogens is 242 g/mol. The molecule has 0 fully saturated rings. The molecule has 0 amide bonds. The van der Waals surface area contributed by atoms with E-state index in [1.807, 2.05) is 25.1 Å². The third kappa shape index (κ3) is 3.53. The van der Waals surface area contributed by atoms with Crippen LogP contribution < -0.4 is 5.32 Å². The van der Waals surface area contributed by atoms with Crippen LogP contribution in [0.2, 0.25) is 0 Å². The largest absolute Gasteiger partial charge is 0.370 e. The summed E-state index contributed by atoms with van der Waals surface area (Å²) in [5, 5.41) is 6.70. The molecule has 0 radical (unpaired) electrons. The van der Waals surface area contributed by atoms with Gasteiger partial charge in [-0.05, 0) is 19.1 Å². The maximum Gasteiger partial charge on any atom is 0.126 e. The fraction of sp³-hybridized carbons (Fsp3) is 0.429. The third-order valence-corrected chi connectivity index (χ3v) is 3.83. The molecule has 0 saturated carbocycles. The van der Waals surface area contributed by atoms with Gasteiger partial charge in [0.05, 0.1) is 10.7 Å². The molecular formula is C14H19N3S. The van der Waals surface area contributed by atoms with Gasteiger partial charge in [0.2, 0.25) is 0 Å². The molecule has 2 heterocycles. The van der Waals surface area contributed by atoms with E-state index in [1.54, 1.807) is 11.3 Å². The minimum absolute atomic E-state index is 0.523. The molecule has 18 heavy (non-hydrogen) atoms. The average molecular weight is 261 g/mol. The molecule has 0 aliphatic rings. The van der Waals surface area contributed by atoms with E-state index in [4.69, 9.17) is 0 Å². The predicted molar refractivity (Wildman–Crippen MR) is 77.4 cm³/mol. The molecule has 2 aromatic rings. The Morgan fingerprint density at radius 1 is 1.28 bits per heavy atom. The van der Waals surface area contributed by atoms with Gasteiger partial charge >= 0.3 is 0 Å². The number of hydrogen-bond acceptors (Lipinski definition) is 4. The zero-order chi connectivity index (χ0) is 13.0. The van der Waals surface area contributed by atoms with Gasteiger partial charge < -0.3 is 5.32 Å². The predicted octanol–water partition coefficient (Wildman–Crippen LogP) is 3.62. The fourth-order valence-corrected chi connectivity index (χ4v) is 2.53. The Bertz CT molecular complexity index is 505. The zero-order valence-corrected chi connectivity index (χ0v) is 11.9. The first-order valence-corrected chi connectivity index (χ1v) is 7.15. The lowest BCUT2D eigenvalue weighted by Crippen LogP contribution is -2.06. The van der Waals surface area contributed by atoms with Crippen LogP contribution in [0.25, 0.3) is 0 Å². The van der Waals surface area contributed by atoms with Crippen molar-refractivity contribution in [3.05, 3.63) is 40.0 Å². The number of anilines is 1. The van der Waals surface area contributed by atoms with Crippen molar-refractivity contribution in [2.24, 2.45) is 0 Å². The maximum atomic E-state index is 4.62. The Morgan fingerprint density at radius 3 is 2.78 bits per heavy atom. The van der Waals surface area contributed by atoms with Gasteiger partial charge in [-0.1, -0.05) is 19.9 Å². The van der Waals surface area contributed by atoms with E-state index < -0.39 is 0 Å². The number of aryl methyl sites for hydroxylation is 1. The zero-order valence-electron chi connectivity index (χ0n) is 11.1. The van der Waals surface area contributed by atoms with Crippen molar-refractivity contribution in [3.63, 3.8) is 0 Å². The molecule has 1 N–H and O–H groups in total. The average Bonchev–Trinajstić information content (AvgIpc) is 2.78. The number of pyridine rings is 1. The Balaban J connectivity index is 1.84. The summed E-state index contributed by atoms with van der Waals surface area (Å²) in [5.74, 6) is 1.46. The highest BCUT2D eigenvalue weighted by Gasteiger charge is 2.05. The molecule has 0 aliphatic heterocycles. The minimum atomic E-state index is 0.523. The van der Waals surface area contributed by atoms with Gasteiger partial charge in [0.25, 0.3) is 0 Å². The third-order valence-electron chi connectivity index (χ3n) is 2.64. The smallest absolute Gasteiger partial charge is 0.126 e. The van der Waals surface area contributed by atoms with Crippen molar-refractivity contribution in [1.29, 1.82) is 0 Å². The Hall–Kier alpha value is -1.42. The Labute approximate surface area is 112 Å². The lowest BCUT2D eigenvalue weighted by Gasteiger charge is -2.04. The van der Waals surface area contributed by atoms with Gasteiger partial charge in [-0.3, -0.25) is 0 Å². The molecule has 4 heteroatoms. The molecule has 0 unspecified atom stereocenters. The molecule has 96 valence electrons. The van der Waals surface area contributed by atoms with Gasteiger partial charge in [0.15, 0.2) is 0 Å². The van der Waals surface area contributed by atoms with Crippen molar-refractivity contribution in [2.75, 3.05) is 11.9 Å². The van der Waals surface area contributed by atoms with Gasteiger partial charge in [-0.2, -0.15) is 0 Å². The van der Waals surface area contributed by atoms with E-state index in [1.165, 1.54) is 10.7 Å². The summed E-state index contributed by atoms with van der Waals surface area (Å²) in [5.41, 5.74) is 2.21. The van der Waals surface area contributed by atoms with Gasteiger partial charge in [0.1, 0.15) is 5.82 Å². The van der Waals surface area contributed by atoms with Crippen LogP contribution >= 0.6 is 11.3 Å². The first-order valence-electron chi connectivity index (χ1n) is 6.27. The SMILES string of the molecule is Cc1cccc(NCCc2csc(C(C)C)n2)n1. The van der Waals surface area contributed by atoms with E-state index in [0.29, 0.717) is 5.92 Å². The highest BCUT2D eigenvalue weighted by atomic mass is 32.1. The topological polar surface area (TPSA) is 37.8 Å². The summed E-state index contributed by atoms with van der Waals surface area (Å²) >= 11 is 1.75. The van der Waals surface area contributed by atoms with Crippen LogP contribution in [-0.2, 0) is 6.42 Å². The highest BCUT2D eigenvalue weighted by molar-refractivity contribution is 7.09. The second kappa shape index (κ2) is 5.96. The summed E-state index contributed by atoms with van der Waals surface area (Å²) in [6.07, 6.45) is 0.943. The van der Waals surface area contributed by atoms with Crippen LogP contribution in [0.4, 0.5) is 5.82 Å². The van der Waals surface area contributed by atoms with Crippen molar-refractivity contribution >= 4 is 17.2 Å². The first kappa shape index (κ1) is 13.0. The number of thiazole rings is 1. The molecule has 3 nitrogen and oxygen atoms in total. The van der Waals surface area contributed by atoms with Gasteiger partial charge in [-0.15, -0.1) is 11.3 Å². The lowest BCUT2D eigenvalue weighted by atomic mass is 10.2. The minimum Gasteiger partial charge on any atom is -0.370 e. The van der Waals surface area contributed by atoms with Crippen LogP contribution in [0.1, 0.15) is 36.2 Å². The molecule has 0 aliphatic carbocycles. The van der Waals surface area contributed by atoms with E-state index in [9.17, 15) is 0 Å². The molecule has 2 rings (SSSR count). The lowest BCUT2D eigenvalue weighted by molar-refractivity contribution is 0.835. The number of nitrogens with zero attached hydrogens (tertiary/aromatic N) is 2. The number of hydrogen-bond donors (Lipinski definition) is 1. The second-order valence-electron chi connectivity index (χ2n) is 4.67. The van der Waals surface area contributed by atoms with Crippen LogP contribution in [0.15, 0.2) is 23.6 Å². The summed E-state index contributed by atoms with van der Waals surface area (Å²) in [6, 6.07) is 6.01. The number of aromatic nitrogens is 2. The van der Waals surface area contributed by atoms with Crippen molar-refractivity contribution in [1.82, 2.24) is 9.97 Å². The van der Waals surface area contributed by atoms with Gasteiger partial charge in [0, 0.05) is 30.0 Å². The van der Waals surface area contributed by atoms with E-state index in [2.05, 4.69) is 34.5 Å². The van der Waals surface area contributed by atoms with Crippen LogP contribution in [0.3, 0.4) is 0 Å². The normalized spacial score (nSPS) is 10.9. The fourth-order valence-electron chi connectivity index (χ4n) is 1.66. The second-order valence-corrected chi connectivity index (χ2v) is 5.56. The standard InChI is InChI=1S/C14H19N3S/c1-10(2)14-17-12(9-18-14)7-8-15-13-6-4-5-11(3)16-13/h4-6,9-10H,7-8H2,1-3H3,(H,15,16). The molecule has 0 spiro atoms. The van der Waals surface area contributed by atoms with E-state index in [-0.39, 0.29) is 0 Å². The van der Waals surface area contributed by atoms with Crippen LogP contribution in [0.5, 0.6) is 0 Å². The van der Waals surface area contributed by atoms with Gasteiger partial charge in [-0.25, -0.2) is 9.97 Å². The molecule has 0 bridgehead atoms. The van der Waals surface area contributed by atoms with E-state index >= 15 is 0 Å². The maximum absolute atomic E-state index is 4.62. The Kier molecular flexibility index (Phi) is 4.31. The summed E-state index contributed by atoms with van der Waals surface area (Å²) in [7, 11) is 0. The van der Waals surface area contributed by atoms with E-state index in [0.717, 1.165) is 24.5 Å². The number of nitrogens with one attached hydrogen (secondary N) is 1. The van der Waals surface area contributed by atoms with Crippen LogP contribution in [0, 0.1) is 6.92 Å². The monoisotopic (exact) mass is 261 g/mol. The summed E-state index contributed by atoms with van der Waals surface area (Å²) < 4.78 is 0. The Morgan fingerprint density at radius 2 is 2.11 bits per heavy atom. The molecule has 2 aromatic heterocycles.